The van der Waals surface area contributed by atoms with E-state index >= 15 is 0 Å². The number of rotatable bonds is 4. The lowest BCUT2D eigenvalue weighted by atomic mass is 9.93. The third-order valence-electron chi connectivity index (χ3n) is 6.15. The number of amides is 2. The van der Waals surface area contributed by atoms with Crippen molar-refractivity contribution in [1.82, 2.24) is 4.90 Å². The first-order chi connectivity index (χ1) is 14.5. The van der Waals surface area contributed by atoms with Gasteiger partial charge in [0.05, 0.1) is 12.5 Å². The summed E-state index contributed by atoms with van der Waals surface area (Å²) in [6.07, 6.45) is 6.36. The van der Waals surface area contributed by atoms with Crippen LogP contribution in [-0.4, -0.2) is 29.8 Å². The Morgan fingerprint density at radius 3 is 2.43 bits per heavy atom. The van der Waals surface area contributed by atoms with Gasteiger partial charge < -0.3 is 15.1 Å². The number of hydrogen-bond donors (Lipinski definition) is 1. The number of hydrogen-bond acceptors (Lipinski definition) is 3. The smallest absolute Gasteiger partial charge is 0.226 e. The van der Waals surface area contributed by atoms with Gasteiger partial charge in [-0.15, -0.1) is 0 Å². The summed E-state index contributed by atoms with van der Waals surface area (Å²) in [7, 11) is 0. The lowest BCUT2D eigenvalue weighted by Crippen LogP contribution is -2.33. The van der Waals surface area contributed by atoms with E-state index in [-0.39, 0.29) is 24.3 Å². The molecule has 5 nitrogen and oxygen atoms in total. The normalized spacial score (nSPS) is 18.8. The molecule has 5 heteroatoms. The zero-order valence-corrected chi connectivity index (χ0v) is 17.7. The molecule has 2 aromatic carbocycles. The van der Waals surface area contributed by atoms with E-state index in [0.717, 1.165) is 35.8 Å². The minimum absolute atomic E-state index is 0.0706. The maximum atomic E-state index is 12.8. The van der Waals surface area contributed by atoms with Crippen molar-refractivity contribution in [3.05, 3.63) is 65.9 Å². The summed E-state index contributed by atoms with van der Waals surface area (Å²) in [5.74, 6) is 0.629. The number of carbonyl (C=O) groups is 2. The lowest BCUT2D eigenvalue weighted by molar-refractivity contribution is -0.129. The van der Waals surface area contributed by atoms with E-state index in [4.69, 9.17) is 0 Å². The maximum Gasteiger partial charge on any atom is 0.226 e. The van der Waals surface area contributed by atoms with Crippen LogP contribution in [0.5, 0.6) is 0 Å². The molecular formula is C25H29N3O2. The molecule has 1 atom stereocenters. The molecule has 156 valence electrons. The van der Waals surface area contributed by atoms with Gasteiger partial charge in [0.15, 0.2) is 0 Å². The van der Waals surface area contributed by atoms with Crippen molar-refractivity contribution < 1.29 is 9.59 Å². The highest BCUT2D eigenvalue weighted by molar-refractivity contribution is 5.92. The van der Waals surface area contributed by atoms with Gasteiger partial charge in [0.1, 0.15) is 0 Å². The zero-order chi connectivity index (χ0) is 21.1. The highest BCUT2D eigenvalue weighted by Crippen LogP contribution is 2.33. The molecule has 2 amide bonds. The van der Waals surface area contributed by atoms with Crippen molar-refractivity contribution in [3.63, 3.8) is 0 Å². The van der Waals surface area contributed by atoms with Crippen molar-refractivity contribution in [2.45, 2.75) is 39.2 Å². The molecule has 0 bridgehead atoms. The lowest BCUT2D eigenvalue weighted by Gasteiger charge is -2.32. The molecule has 4 rings (SSSR count). The van der Waals surface area contributed by atoms with E-state index in [2.05, 4.69) is 29.3 Å². The first kappa shape index (κ1) is 20.2. The van der Waals surface area contributed by atoms with Crippen LogP contribution >= 0.6 is 0 Å². The quantitative estimate of drug-likeness (QED) is 0.796. The molecule has 0 aliphatic carbocycles. The predicted molar refractivity (Wildman–Crippen MR) is 121 cm³/mol. The van der Waals surface area contributed by atoms with Crippen molar-refractivity contribution in [2.75, 3.05) is 23.3 Å². The number of carbonyl (C=O) groups excluding carboxylic acids is 2. The van der Waals surface area contributed by atoms with Crippen LogP contribution in [0.4, 0.5) is 11.4 Å². The predicted octanol–water partition coefficient (Wildman–Crippen LogP) is 4.83. The van der Waals surface area contributed by atoms with Crippen LogP contribution in [0.1, 0.15) is 50.3 Å². The van der Waals surface area contributed by atoms with E-state index in [1.807, 2.05) is 42.5 Å². The van der Waals surface area contributed by atoms with Crippen LogP contribution in [0.2, 0.25) is 0 Å². The second-order valence-electron chi connectivity index (χ2n) is 8.36. The summed E-state index contributed by atoms with van der Waals surface area (Å²) in [4.78, 5) is 28.9. The van der Waals surface area contributed by atoms with Crippen molar-refractivity contribution in [3.8, 4) is 0 Å². The molecule has 1 fully saturated rings. The minimum atomic E-state index is -0.293. The van der Waals surface area contributed by atoms with Gasteiger partial charge in [0, 0.05) is 37.6 Å². The number of benzene rings is 2. The number of anilines is 2. The summed E-state index contributed by atoms with van der Waals surface area (Å²) in [6.45, 7) is 6.01. The molecule has 0 aromatic heterocycles. The summed E-state index contributed by atoms with van der Waals surface area (Å²) >= 11 is 0. The summed E-state index contributed by atoms with van der Waals surface area (Å²) < 4.78 is 0. The molecular weight excluding hydrogens is 374 g/mol. The largest absolute Gasteiger partial charge is 0.372 e. The standard InChI is InChI=1S/C25H29N3O2/c1-18-11-14-27(15-12-18)22-9-7-21(8-10-22)26-25(30)17-24-23-6-4-3-5-20(23)13-16-28(24)19(2)29/h3-10,13,16,18,24H,11-12,14-15,17H2,1-2H3,(H,26,30)/t24-/m1/s1. The van der Waals surface area contributed by atoms with Crippen molar-refractivity contribution in [2.24, 2.45) is 5.92 Å². The number of nitrogens with one attached hydrogen (secondary N) is 1. The maximum absolute atomic E-state index is 12.8. The van der Waals surface area contributed by atoms with Gasteiger partial charge in [-0.25, -0.2) is 0 Å². The molecule has 0 spiro atoms. The Hall–Kier alpha value is -3.08. The van der Waals surface area contributed by atoms with E-state index in [0.29, 0.717) is 0 Å². The average molecular weight is 404 g/mol. The van der Waals surface area contributed by atoms with Crippen molar-refractivity contribution in [1.29, 1.82) is 0 Å². The van der Waals surface area contributed by atoms with Gasteiger partial charge in [-0.05, 0) is 60.2 Å². The van der Waals surface area contributed by atoms with Gasteiger partial charge in [-0.3, -0.25) is 9.59 Å². The Morgan fingerprint density at radius 2 is 1.73 bits per heavy atom. The summed E-state index contributed by atoms with van der Waals surface area (Å²) in [6, 6.07) is 15.7. The topological polar surface area (TPSA) is 52.7 Å². The first-order valence-corrected chi connectivity index (χ1v) is 10.7. The molecule has 2 aliphatic heterocycles. The van der Waals surface area contributed by atoms with E-state index < -0.39 is 0 Å². The van der Waals surface area contributed by atoms with Crippen LogP contribution in [0.3, 0.4) is 0 Å². The molecule has 0 radical (unpaired) electrons. The van der Waals surface area contributed by atoms with Gasteiger partial charge in [-0.2, -0.15) is 0 Å². The van der Waals surface area contributed by atoms with Crippen LogP contribution < -0.4 is 10.2 Å². The zero-order valence-electron chi connectivity index (χ0n) is 17.7. The molecule has 0 unspecified atom stereocenters. The average Bonchev–Trinajstić information content (AvgIpc) is 2.75. The SMILES string of the molecule is CC(=O)N1C=Cc2ccccc2[C@H]1CC(=O)Nc1ccc(N2CCC(C)CC2)cc1. The fraction of sp³-hybridized carbons (Fsp3) is 0.360. The van der Waals surface area contributed by atoms with Crippen LogP contribution in [0.15, 0.2) is 54.7 Å². The molecule has 1 saturated heterocycles. The molecule has 2 aliphatic rings. The molecule has 1 N–H and O–H groups in total. The fourth-order valence-corrected chi connectivity index (χ4v) is 4.32. The molecule has 0 saturated carbocycles. The van der Waals surface area contributed by atoms with Gasteiger partial charge >= 0.3 is 0 Å². The second-order valence-corrected chi connectivity index (χ2v) is 8.36. The number of nitrogens with zero attached hydrogens (tertiary/aromatic N) is 2. The summed E-state index contributed by atoms with van der Waals surface area (Å²) in [5, 5.41) is 3.00. The molecule has 2 heterocycles. The van der Waals surface area contributed by atoms with Gasteiger partial charge in [0.2, 0.25) is 11.8 Å². The fourth-order valence-electron chi connectivity index (χ4n) is 4.32. The highest BCUT2D eigenvalue weighted by Gasteiger charge is 2.28. The highest BCUT2D eigenvalue weighted by atomic mass is 16.2. The number of piperidine rings is 1. The molecule has 2 aromatic rings. The van der Waals surface area contributed by atoms with Crippen LogP contribution in [-0.2, 0) is 9.59 Å². The van der Waals surface area contributed by atoms with Crippen LogP contribution in [0.25, 0.3) is 6.08 Å². The monoisotopic (exact) mass is 403 g/mol. The van der Waals surface area contributed by atoms with E-state index in [9.17, 15) is 9.59 Å². The Bertz CT molecular complexity index is 943. The third kappa shape index (κ3) is 4.40. The second kappa shape index (κ2) is 8.74. The Kier molecular flexibility index (Phi) is 5.88. The van der Waals surface area contributed by atoms with Crippen LogP contribution in [0, 0.1) is 5.92 Å². The molecule has 30 heavy (non-hydrogen) atoms. The Balaban J connectivity index is 1.42. The minimum Gasteiger partial charge on any atom is -0.372 e. The Labute approximate surface area is 178 Å². The number of fused-ring (bicyclic) bond motifs is 1. The first-order valence-electron chi connectivity index (χ1n) is 10.7. The third-order valence-corrected chi connectivity index (χ3v) is 6.15. The van der Waals surface area contributed by atoms with E-state index in [1.165, 1.54) is 25.5 Å². The van der Waals surface area contributed by atoms with E-state index in [1.54, 1.807) is 11.1 Å². The van der Waals surface area contributed by atoms with Crippen molar-refractivity contribution >= 4 is 29.3 Å². The van der Waals surface area contributed by atoms with Gasteiger partial charge in [0.25, 0.3) is 0 Å². The Morgan fingerprint density at radius 1 is 1.03 bits per heavy atom. The van der Waals surface area contributed by atoms with Gasteiger partial charge in [-0.1, -0.05) is 31.2 Å². The summed E-state index contributed by atoms with van der Waals surface area (Å²) in [5.41, 5.74) is 4.03.